The third-order valence-corrected chi connectivity index (χ3v) is 7.40. The fraction of sp³-hybridized carbons (Fsp3) is 0.280. The second-order valence-electron chi connectivity index (χ2n) is 8.48. The van der Waals surface area contributed by atoms with Crippen LogP contribution >= 0.6 is 11.3 Å². The van der Waals surface area contributed by atoms with Gasteiger partial charge in [0.1, 0.15) is 6.54 Å². The number of alkyl halides is 3. The van der Waals surface area contributed by atoms with Gasteiger partial charge in [0.25, 0.3) is 5.91 Å². The van der Waals surface area contributed by atoms with Gasteiger partial charge in [-0.05, 0) is 54.3 Å². The van der Waals surface area contributed by atoms with Gasteiger partial charge in [0, 0.05) is 18.0 Å². The number of piperazine rings is 1. The summed E-state index contributed by atoms with van der Waals surface area (Å²) in [7, 11) is 0. The molecular weight excluding hydrogens is 449 g/mol. The number of hydrogen-bond acceptors (Lipinski definition) is 3. The van der Waals surface area contributed by atoms with E-state index in [4.69, 9.17) is 0 Å². The number of fused-ring (bicyclic) bond motifs is 3. The molecule has 1 fully saturated rings. The number of hydrogen-bond donors (Lipinski definition) is 0. The van der Waals surface area contributed by atoms with E-state index in [1.165, 1.54) is 11.6 Å². The van der Waals surface area contributed by atoms with Crippen LogP contribution in [0.15, 0.2) is 54.6 Å². The Bertz CT molecular complexity index is 1250. The summed E-state index contributed by atoms with van der Waals surface area (Å²) in [5.74, 6) is -0.356. The minimum atomic E-state index is -4.43. The van der Waals surface area contributed by atoms with Crippen LogP contribution < -0.4 is 0 Å². The molecule has 33 heavy (non-hydrogen) atoms. The highest BCUT2D eigenvalue weighted by Crippen LogP contribution is 2.37. The zero-order chi connectivity index (χ0) is 23.3. The van der Waals surface area contributed by atoms with E-state index in [0.29, 0.717) is 28.4 Å². The lowest BCUT2D eigenvalue weighted by Crippen LogP contribution is -2.55. The maximum atomic E-state index is 13.2. The van der Waals surface area contributed by atoms with Crippen LogP contribution in [0.25, 0.3) is 10.4 Å². The first-order chi connectivity index (χ1) is 15.7. The first kappa shape index (κ1) is 21.7. The van der Waals surface area contributed by atoms with Crippen molar-refractivity contribution in [2.24, 2.45) is 0 Å². The van der Waals surface area contributed by atoms with Gasteiger partial charge in [-0.3, -0.25) is 9.59 Å². The average Bonchev–Trinajstić information content (AvgIpc) is 3.28. The molecule has 1 aromatic heterocycles. The predicted octanol–water partition coefficient (Wildman–Crippen LogP) is 5.32. The highest BCUT2D eigenvalue weighted by Gasteiger charge is 2.39. The van der Waals surface area contributed by atoms with Gasteiger partial charge in [-0.2, -0.15) is 13.2 Å². The summed E-state index contributed by atoms with van der Waals surface area (Å²) < 4.78 is 39.2. The van der Waals surface area contributed by atoms with Gasteiger partial charge >= 0.3 is 6.18 Å². The summed E-state index contributed by atoms with van der Waals surface area (Å²) in [4.78, 5) is 30.5. The molecule has 0 N–H and O–H groups in total. The summed E-state index contributed by atoms with van der Waals surface area (Å²) in [5, 5.41) is 0. The lowest BCUT2D eigenvalue weighted by Gasteiger charge is -2.44. The molecule has 0 spiro atoms. The highest BCUT2D eigenvalue weighted by molar-refractivity contribution is 7.17. The van der Waals surface area contributed by atoms with E-state index in [0.717, 1.165) is 41.0 Å². The Balaban J connectivity index is 1.39. The molecule has 0 saturated carbocycles. The van der Waals surface area contributed by atoms with E-state index in [1.54, 1.807) is 23.1 Å². The van der Waals surface area contributed by atoms with E-state index < -0.39 is 11.7 Å². The number of nitrogens with zero attached hydrogens (tertiary/aromatic N) is 2. The van der Waals surface area contributed by atoms with Crippen LogP contribution in [0.3, 0.4) is 0 Å². The maximum absolute atomic E-state index is 13.2. The van der Waals surface area contributed by atoms with Crippen LogP contribution in [-0.4, -0.2) is 41.2 Å². The third-order valence-electron chi connectivity index (χ3n) is 6.27. The second kappa shape index (κ2) is 8.02. The fourth-order valence-corrected chi connectivity index (χ4v) is 5.60. The summed E-state index contributed by atoms with van der Waals surface area (Å²) >= 11 is 1.14. The van der Waals surface area contributed by atoms with E-state index in [2.05, 4.69) is 6.07 Å². The molecule has 4 nitrogen and oxygen atoms in total. The van der Waals surface area contributed by atoms with Crippen molar-refractivity contribution < 1.29 is 22.8 Å². The summed E-state index contributed by atoms with van der Waals surface area (Å²) in [6, 6.07) is 14.4. The van der Waals surface area contributed by atoms with Crippen molar-refractivity contribution in [1.29, 1.82) is 0 Å². The monoisotopic (exact) mass is 470 g/mol. The number of carbonyl (C=O) groups excluding carboxylic acids is 2. The van der Waals surface area contributed by atoms with Gasteiger partial charge in [-0.25, -0.2) is 0 Å². The molecule has 2 aliphatic heterocycles. The van der Waals surface area contributed by atoms with Crippen molar-refractivity contribution >= 4 is 23.2 Å². The molecule has 5 rings (SSSR count). The van der Waals surface area contributed by atoms with Crippen LogP contribution in [0.5, 0.6) is 0 Å². The molecular formula is C25H21F3N2O2S. The molecule has 2 aromatic carbocycles. The van der Waals surface area contributed by atoms with E-state index >= 15 is 0 Å². The van der Waals surface area contributed by atoms with Gasteiger partial charge < -0.3 is 9.80 Å². The van der Waals surface area contributed by atoms with E-state index in [-0.39, 0.29) is 24.4 Å². The van der Waals surface area contributed by atoms with E-state index in [9.17, 15) is 22.8 Å². The molecule has 2 amide bonds. The number of amides is 2. The van der Waals surface area contributed by atoms with E-state index in [1.807, 2.05) is 24.0 Å². The van der Waals surface area contributed by atoms with Crippen LogP contribution in [0, 0.1) is 6.92 Å². The standard InChI is InChI=1S/C25H21F3N2O2S/c1-15-5-6-19-16(11-15)9-10-30-20(19)13-29(14-23(30)31)24(32)22-8-7-21(33-22)17-3-2-4-18(12-17)25(26,27)28/h2-8,11-12,20H,9-10,13-14H2,1H3. The van der Waals surface area contributed by atoms with Crippen LogP contribution in [0.4, 0.5) is 13.2 Å². The van der Waals surface area contributed by atoms with Gasteiger partial charge in [0.2, 0.25) is 5.91 Å². The normalized spacial score (nSPS) is 18.2. The minimum absolute atomic E-state index is 0.00726. The Labute approximate surface area is 193 Å². The number of thiophene rings is 1. The molecule has 3 heterocycles. The van der Waals surface area contributed by atoms with Crippen LogP contribution in [0.1, 0.15) is 38.0 Å². The van der Waals surface area contributed by atoms with Gasteiger partial charge in [-0.15, -0.1) is 11.3 Å². The van der Waals surface area contributed by atoms with Crippen LogP contribution in [-0.2, 0) is 17.4 Å². The van der Waals surface area contributed by atoms with Crippen molar-refractivity contribution in [2.75, 3.05) is 19.6 Å². The minimum Gasteiger partial charge on any atom is -0.332 e. The summed E-state index contributed by atoms with van der Waals surface area (Å²) in [6.07, 6.45) is -3.63. The molecule has 8 heteroatoms. The number of carbonyl (C=O) groups is 2. The molecule has 1 unspecified atom stereocenters. The van der Waals surface area contributed by atoms with Crippen molar-refractivity contribution in [1.82, 2.24) is 9.80 Å². The molecule has 0 radical (unpaired) electrons. The Morgan fingerprint density at radius 3 is 2.70 bits per heavy atom. The molecule has 1 saturated heterocycles. The summed E-state index contributed by atoms with van der Waals surface area (Å²) in [6.45, 7) is 3.08. The third kappa shape index (κ3) is 4.04. The van der Waals surface area contributed by atoms with Gasteiger partial charge in [0.15, 0.2) is 0 Å². The smallest absolute Gasteiger partial charge is 0.332 e. The van der Waals surface area contributed by atoms with Crippen molar-refractivity contribution in [3.63, 3.8) is 0 Å². The Hall–Kier alpha value is -3.13. The Kier molecular flexibility index (Phi) is 5.28. The lowest BCUT2D eigenvalue weighted by atomic mass is 9.89. The Morgan fingerprint density at radius 2 is 1.91 bits per heavy atom. The maximum Gasteiger partial charge on any atom is 0.416 e. The van der Waals surface area contributed by atoms with Crippen LogP contribution in [0.2, 0.25) is 0 Å². The van der Waals surface area contributed by atoms with Crippen molar-refractivity contribution in [3.8, 4) is 10.4 Å². The van der Waals surface area contributed by atoms with Crippen molar-refractivity contribution in [2.45, 2.75) is 25.6 Å². The van der Waals surface area contributed by atoms with Gasteiger partial charge in [-0.1, -0.05) is 35.9 Å². The Morgan fingerprint density at radius 1 is 1.09 bits per heavy atom. The van der Waals surface area contributed by atoms with Gasteiger partial charge in [0.05, 0.1) is 16.5 Å². The highest BCUT2D eigenvalue weighted by atomic mass is 32.1. The SMILES string of the molecule is Cc1ccc2c(c1)CCN1C(=O)CN(C(=O)c3ccc(-c4cccc(C(F)(F)F)c4)s3)CC21. The molecule has 0 bridgehead atoms. The number of halogens is 3. The first-order valence-corrected chi connectivity index (χ1v) is 11.5. The lowest BCUT2D eigenvalue weighted by molar-refractivity contribution is -0.139. The number of rotatable bonds is 2. The number of benzene rings is 2. The second-order valence-corrected chi connectivity index (χ2v) is 9.57. The topological polar surface area (TPSA) is 40.6 Å². The molecule has 170 valence electrons. The predicted molar refractivity (Wildman–Crippen MR) is 120 cm³/mol. The molecule has 0 aliphatic carbocycles. The molecule has 3 aromatic rings. The first-order valence-electron chi connectivity index (χ1n) is 10.7. The molecule has 1 atom stereocenters. The largest absolute Gasteiger partial charge is 0.416 e. The number of aryl methyl sites for hydroxylation is 1. The zero-order valence-electron chi connectivity index (χ0n) is 17.9. The summed E-state index contributed by atoms with van der Waals surface area (Å²) in [5.41, 5.74) is 3.13. The van der Waals surface area contributed by atoms with Crippen molar-refractivity contribution in [3.05, 3.63) is 81.7 Å². The molecule has 2 aliphatic rings. The fourth-order valence-electron chi connectivity index (χ4n) is 4.63. The average molecular weight is 471 g/mol. The zero-order valence-corrected chi connectivity index (χ0v) is 18.7. The quantitative estimate of drug-likeness (QED) is 0.508.